The Morgan fingerprint density at radius 2 is 1.95 bits per heavy atom. The van der Waals surface area contributed by atoms with Crippen LogP contribution in [0.3, 0.4) is 0 Å². The first kappa shape index (κ1) is 11.3. The van der Waals surface area contributed by atoms with Gasteiger partial charge in [0.05, 0.1) is 24.2 Å². The number of hydrazone groups is 1. The Hall–Kier alpha value is -2.84. The molecule has 1 aromatic carbocycles. The van der Waals surface area contributed by atoms with Crippen LogP contribution in [0.25, 0.3) is 0 Å². The summed E-state index contributed by atoms with van der Waals surface area (Å²) in [6.45, 7) is 0. The first-order chi connectivity index (χ1) is 9.25. The van der Waals surface area contributed by atoms with Crippen molar-refractivity contribution >= 4 is 6.21 Å². The second-order valence-corrected chi connectivity index (χ2v) is 4.69. The van der Waals surface area contributed by atoms with E-state index in [4.69, 9.17) is 0 Å². The van der Waals surface area contributed by atoms with E-state index in [1.165, 1.54) is 5.01 Å². The van der Waals surface area contributed by atoms with E-state index >= 15 is 0 Å². The number of hydrogen-bond acceptors (Lipinski definition) is 5. The van der Waals surface area contributed by atoms with Gasteiger partial charge in [0.15, 0.2) is 0 Å². The van der Waals surface area contributed by atoms with E-state index in [0.29, 0.717) is 0 Å². The average molecular weight is 247 g/mol. The molecule has 0 aliphatic carbocycles. The van der Waals surface area contributed by atoms with Gasteiger partial charge in [-0.25, -0.2) is 0 Å². The lowest BCUT2D eigenvalue weighted by atomic mass is 9.90. The molecule has 0 spiro atoms. The topological polar surface area (TPSA) is 87.0 Å². The normalized spacial score (nSPS) is 25.6. The molecule has 5 heteroatoms. The summed E-state index contributed by atoms with van der Waals surface area (Å²) < 4.78 is 0. The third kappa shape index (κ3) is 1.35. The molecular weight excluding hydrogens is 238 g/mol. The molecule has 0 radical (unpaired) electrons. The molecule has 2 aliphatic rings. The van der Waals surface area contributed by atoms with Gasteiger partial charge in [0, 0.05) is 6.42 Å². The molecule has 2 aliphatic heterocycles. The minimum absolute atomic E-state index is 0.201. The monoisotopic (exact) mass is 247 g/mol. The van der Waals surface area contributed by atoms with Crippen molar-refractivity contribution in [2.75, 3.05) is 0 Å². The molecule has 2 atom stereocenters. The lowest BCUT2D eigenvalue weighted by Gasteiger charge is -2.32. The van der Waals surface area contributed by atoms with E-state index in [-0.39, 0.29) is 12.5 Å². The van der Waals surface area contributed by atoms with Crippen molar-refractivity contribution in [1.82, 2.24) is 5.01 Å². The quantitative estimate of drug-likeness (QED) is 0.698. The molecule has 19 heavy (non-hydrogen) atoms. The summed E-state index contributed by atoms with van der Waals surface area (Å²) >= 11 is 0. The van der Waals surface area contributed by atoms with Gasteiger partial charge in [-0.3, -0.25) is 5.01 Å². The highest BCUT2D eigenvalue weighted by Gasteiger charge is 2.55. The number of nitriles is 3. The van der Waals surface area contributed by atoms with Gasteiger partial charge in [-0.05, 0) is 11.1 Å². The zero-order valence-electron chi connectivity index (χ0n) is 9.98. The summed E-state index contributed by atoms with van der Waals surface area (Å²) in [5.74, 6) is -0.405. The van der Waals surface area contributed by atoms with Crippen molar-refractivity contribution in [3.8, 4) is 18.2 Å². The maximum atomic E-state index is 9.32. The Kier molecular flexibility index (Phi) is 2.27. The zero-order chi connectivity index (χ0) is 13.5. The lowest BCUT2D eigenvalue weighted by molar-refractivity contribution is 0.182. The molecule has 5 nitrogen and oxygen atoms in total. The van der Waals surface area contributed by atoms with E-state index in [2.05, 4.69) is 11.2 Å². The fourth-order valence-electron chi connectivity index (χ4n) is 2.81. The summed E-state index contributed by atoms with van der Waals surface area (Å²) in [5.41, 5.74) is 0.557. The predicted molar refractivity (Wildman–Crippen MR) is 66.3 cm³/mol. The number of fused-ring (bicyclic) bond motifs is 3. The second kappa shape index (κ2) is 3.83. The highest BCUT2D eigenvalue weighted by Crippen LogP contribution is 2.48. The molecule has 3 rings (SSSR count). The van der Waals surface area contributed by atoms with Crippen LogP contribution in [0.5, 0.6) is 0 Å². The van der Waals surface area contributed by atoms with Gasteiger partial charge >= 0.3 is 0 Å². The molecule has 1 saturated heterocycles. The van der Waals surface area contributed by atoms with Crippen LogP contribution in [0.1, 0.15) is 23.6 Å². The maximum absolute atomic E-state index is 9.32. The van der Waals surface area contributed by atoms with Crippen molar-refractivity contribution < 1.29 is 0 Å². The van der Waals surface area contributed by atoms with Gasteiger partial charge in [0.25, 0.3) is 0 Å². The van der Waals surface area contributed by atoms with Crippen molar-refractivity contribution in [3.63, 3.8) is 0 Å². The Morgan fingerprint density at radius 3 is 2.63 bits per heavy atom. The number of nitrogens with zero attached hydrogens (tertiary/aromatic N) is 5. The molecule has 1 aromatic rings. The van der Waals surface area contributed by atoms with Gasteiger partial charge in [0.2, 0.25) is 5.54 Å². The van der Waals surface area contributed by atoms with Gasteiger partial charge in [-0.2, -0.15) is 20.9 Å². The summed E-state index contributed by atoms with van der Waals surface area (Å²) in [4.78, 5) is 0. The van der Waals surface area contributed by atoms with E-state index < -0.39 is 11.5 Å². The maximum Gasteiger partial charge on any atom is 0.231 e. The summed E-state index contributed by atoms with van der Waals surface area (Å²) in [6, 6.07) is 13.6. The van der Waals surface area contributed by atoms with Gasteiger partial charge in [-0.1, -0.05) is 24.3 Å². The molecule has 2 heterocycles. The fourth-order valence-corrected chi connectivity index (χ4v) is 2.81. The Labute approximate surface area is 110 Å². The number of benzene rings is 1. The van der Waals surface area contributed by atoms with E-state index in [9.17, 15) is 15.8 Å². The molecule has 0 N–H and O–H groups in total. The van der Waals surface area contributed by atoms with Crippen LogP contribution in [-0.4, -0.2) is 16.8 Å². The molecule has 0 bridgehead atoms. The van der Waals surface area contributed by atoms with Crippen molar-refractivity contribution in [3.05, 3.63) is 35.4 Å². The summed E-state index contributed by atoms with van der Waals surface area (Å²) in [7, 11) is 0. The first-order valence-electron chi connectivity index (χ1n) is 5.90. The molecule has 90 valence electrons. The largest absolute Gasteiger partial charge is 0.254 e. The van der Waals surface area contributed by atoms with Gasteiger partial charge in [-0.15, -0.1) is 0 Å². The average Bonchev–Trinajstić information content (AvgIpc) is 2.82. The van der Waals surface area contributed by atoms with Crippen molar-refractivity contribution in [2.24, 2.45) is 11.0 Å². The van der Waals surface area contributed by atoms with E-state index in [1.807, 2.05) is 36.4 Å². The summed E-state index contributed by atoms with van der Waals surface area (Å²) in [6.07, 6.45) is 1.85. The molecule has 0 unspecified atom stereocenters. The molecule has 0 aromatic heterocycles. The van der Waals surface area contributed by atoms with Crippen LogP contribution < -0.4 is 0 Å². The Bertz CT molecular complexity index is 671. The fraction of sp³-hybridized carbons (Fsp3) is 0.286. The van der Waals surface area contributed by atoms with Gasteiger partial charge < -0.3 is 0 Å². The van der Waals surface area contributed by atoms with Crippen LogP contribution in [-0.2, 0) is 0 Å². The Morgan fingerprint density at radius 1 is 1.21 bits per heavy atom. The first-order valence-corrected chi connectivity index (χ1v) is 5.90. The smallest absolute Gasteiger partial charge is 0.231 e. The van der Waals surface area contributed by atoms with Crippen molar-refractivity contribution in [1.29, 1.82) is 15.8 Å². The predicted octanol–water partition coefficient (Wildman–Crippen LogP) is 1.71. The van der Waals surface area contributed by atoms with Crippen LogP contribution in [0.15, 0.2) is 29.4 Å². The SMILES string of the molecule is N#C[C@@H]1CC(C#N)(C#N)N2N=Cc3ccccc3[C@H]12. The molecule has 0 amide bonds. The minimum atomic E-state index is -1.34. The highest BCUT2D eigenvalue weighted by molar-refractivity contribution is 5.83. The lowest BCUT2D eigenvalue weighted by Crippen LogP contribution is -2.40. The molecular formula is C14H9N5. The third-order valence-corrected chi connectivity index (χ3v) is 3.72. The minimum Gasteiger partial charge on any atom is -0.254 e. The zero-order valence-corrected chi connectivity index (χ0v) is 9.98. The van der Waals surface area contributed by atoms with Crippen LogP contribution in [0, 0.1) is 39.9 Å². The van der Waals surface area contributed by atoms with Crippen LogP contribution >= 0.6 is 0 Å². The molecule has 0 saturated carbocycles. The number of rotatable bonds is 0. The van der Waals surface area contributed by atoms with Gasteiger partial charge in [0.1, 0.15) is 12.1 Å². The molecule has 1 fully saturated rings. The second-order valence-electron chi connectivity index (χ2n) is 4.69. The van der Waals surface area contributed by atoms with Crippen molar-refractivity contribution in [2.45, 2.75) is 18.0 Å². The van der Waals surface area contributed by atoms with Crippen LogP contribution in [0.2, 0.25) is 0 Å². The van der Waals surface area contributed by atoms with E-state index in [1.54, 1.807) is 6.21 Å². The third-order valence-electron chi connectivity index (χ3n) is 3.72. The van der Waals surface area contributed by atoms with Crippen LogP contribution in [0.4, 0.5) is 0 Å². The standard InChI is InChI=1S/C14H9N5/c15-6-11-5-14(8-16,9-17)19-13(11)12-4-2-1-3-10(12)7-18-19/h1-4,7,11,13H,5H2/t11-,13-/m0/s1. The van der Waals surface area contributed by atoms with E-state index in [0.717, 1.165) is 11.1 Å². The summed E-state index contributed by atoms with van der Waals surface area (Å²) in [5, 5.41) is 33.7. The highest BCUT2D eigenvalue weighted by atomic mass is 15.5. The Balaban J connectivity index is 2.19. The number of hydrogen-bond donors (Lipinski definition) is 0.